The molecule has 1 aromatic rings. The summed E-state index contributed by atoms with van der Waals surface area (Å²) in [6.07, 6.45) is 5.55. The summed E-state index contributed by atoms with van der Waals surface area (Å²) >= 11 is 0. The molecule has 2 aliphatic rings. The Hall–Kier alpha value is -1.22. The van der Waals surface area contributed by atoms with Crippen molar-refractivity contribution in [1.82, 2.24) is 4.90 Å². The van der Waals surface area contributed by atoms with Crippen LogP contribution in [0, 0.1) is 0 Å². The molecule has 0 saturated carbocycles. The maximum absolute atomic E-state index is 5.92. The smallest absolute Gasteiger partial charge is 0.142 e. The lowest BCUT2D eigenvalue weighted by atomic mass is 9.99. The average Bonchev–Trinajstić information content (AvgIpc) is 2.84. The van der Waals surface area contributed by atoms with Crippen molar-refractivity contribution >= 4 is 5.69 Å². The first-order valence-corrected chi connectivity index (χ1v) is 8.00. The highest BCUT2D eigenvalue weighted by Crippen LogP contribution is 2.32. The van der Waals surface area contributed by atoms with Crippen molar-refractivity contribution in [1.29, 1.82) is 0 Å². The molecule has 2 aliphatic heterocycles. The summed E-state index contributed by atoms with van der Waals surface area (Å²) in [7, 11) is 0. The van der Waals surface area contributed by atoms with Crippen molar-refractivity contribution < 1.29 is 4.74 Å². The lowest BCUT2D eigenvalue weighted by Crippen LogP contribution is -2.41. The number of ether oxygens (including phenoxy) is 1. The van der Waals surface area contributed by atoms with E-state index in [4.69, 9.17) is 4.74 Å². The molecule has 0 aliphatic carbocycles. The molecule has 1 N–H and O–H groups in total. The molecule has 0 radical (unpaired) electrons. The van der Waals surface area contributed by atoms with Gasteiger partial charge in [-0.15, -0.1) is 0 Å². The summed E-state index contributed by atoms with van der Waals surface area (Å²) in [4.78, 5) is 2.66. The van der Waals surface area contributed by atoms with Gasteiger partial charge in [0.15, 0.2) is 0 Å². The normalized spacial score (nSPS) is 26.6. The van der Waals surface area contributed by atoms with Gasteiger partial charge in [0.2, 0.25) is 0 Å². The van der Waals surface area contributed by atoms with Crippen LogP contribution in [-0.2, 0) is 0 Å². The van der Waals surface area contributed by atoms with E-state index in [9.17, 15) is 0 Å². The van der Waals surface area contributed by atoms with E-state index in [2.05, 4.69) is 42.3 Å². The van der Waals surface area contributed by atoms with E-state index in [1.165, 1.54) is 38.8 Å². The first kappa shape index (κ1) is 13.7. The lowest BCUT2D eigenvalue weighted by Gasteiger charge is -2.33. The summed E-state index contributed by atoms with van der Waals surface area (Å²) in [6.45, 7) is 6.69. The van der Waals surface area contributed by atoms with E-state index in [1.54, 1.807) is 0 Å². The van der Waals surface area contributed by atoms with Crippen LogP contribution >= 0.6 is 0 Å². The van der Waals surface area contributed by atoms with E-state index in [0.717, 1.165) is 17.5 Å². The molecule has 3 heteroatoms. The third-order valence-corrected chi connectivity index (χ3v) is 4.45. The molecule has 3 rings (SSSR count). The number of nitrogens with zero attached hydrogens (tertiary/aromatic N) is 1. The third-order valence-electron chi connectivity index (χ3n) is 4.45. The van der Waals surface area contributed by atoms with Gasteiger partial charge in [-0.1, -0.05) is 18.6 Å². The van der Waals surface area contributed by atoms with Crippen molar-refractivity contribution in [2.45, 2.75) is 57.7 Å². The van der Waals surface area contributed by atoms with Crippen molar-refractivity contribution in [2.75, 3.05) is 18.4 Å². The zero-order chi connectivity index (χ0) is 13.9. The molecule has 0 aromatic heterocycles. The number of rotatable bonds is 4. The number of piperidine rings is 1. The van der Waals surface area contributed by atoms with Gasteiger partial charge in [0.1, 0.15) is 5.75 Å². The Kier molecular flexibility index (Phi) is 4.16. The Morgan fingerprint density at radius 2 is 2.00 bits per heavy atom. The second-order valence-electron chi connectivity index (χ2n) is 6.30. The number of hydrogen-bond acceptors (Lipinski definition) is 3. The van der Waals surface area contributed by atoms with Crippen LogP contribution in [0.15, 0.2) is 24.3 Å². The predicted molar refractivity (Wildman–Crippen MR) is 83.4 cm³/mol. The van der Waals surface area contributed by atoms with Gasteiger partial charge in [0, 0.05) is 18.6 Å². The van der Waals surface area contributed by atoms with Crippen LogP contribution in [0.2, 0.25) is 0 Å². The molecule has 20 heavy (non-hydrogen) atoms. The monoisotopic (exact) mass is 274 g/mol. The molecule has 0 amide bonds. The minimum atomic E-state index is 0.215. The second kappa shape index (κ2) is 6.04. The Morgan fingerprint density at radius 1 is 1.15 bits per heavy atom. The number of anilines is 1. The van der Waals surface area contributed by atoms with Gasteiger partial charge in [-0.25, -0.2) is 0 Å². The highest BCUT2D eigenvalue weighted by atomic mass is 16.5. The molecule has 110 valence electrons. The van der Waals surface area contributed by atoms with Gasteiger partial charge in [-0.05, 0) is 51.8 Å². The Balaban J connectivity index is 1.71. The summed E-state index contributed by atoms with van der Waals surface area (Å²) in [5, 5.41) is 3.75. The first-order chi connectivity index (χ1) is 9.74. The highest BCUT2D eigenvalue weighted by molar-refractivity contribution is 5.57. The molecule has 2 saturated heterocycles. The second-order valence-corrected chi connectivity index (χ2v) is 6.30. The molecule has 2 atom stereocenters. The molecule has 2 unspecified atom stereocenters. The van der Waals surface area contributed by atoms with Crippen LogP contribution in [0.5, 0.6) is 5.75 Å². The molecular weight excluding hydrogens is 248 g/mol. The molecule has 2 fully saturated rings. The molecule has 0 bridgehead atoms. The molecule has 2 heterocycles. The topological polar surface area (TPSA) is 24.5 Å². The minimum Gasteiger partial charge on any atom is -0.489 e. The van der Waals surface area contributed by atoms with Gasteiger partial charge < -0.3 is 10.1 Å². The number of fused-ring (bicyclic) bond motifs is 1. The Bertz CT molecular complexity index is 446. The highest BCUT2D eigenvalue weighted by Gasteiger charge is 2.35. The Labute approximate surface area is 122 Å². The minimum absolute atomic E-state index is 0.215. The van der Waals surface area contributed by atoms with Crippen LogP contribution in [0.3, 0.4) is 0 Å². The van der Waals surface area contributed by atoms with Crippen LogP contribution in [0.4, 0.5) is 5.69 Å². The fourth-order valence-electron chi connectivity index (χ4n) is 3.56. The average molecular weight is 274 g/mol. The van der Waals surface area contributed by atoms with Gasteiger partial charge in [0.05, 0.1) is 11.8 Å². The Morgan fingerprint density at radius 3 is 2.85 bits per heavy atom. The zero-order valence-corrected chi connectivity index (χ0v) is 12.6. The van der Waals surface area contributed by atoms with Crippen LogP contribution in [0.25, 0.3) is 0 Å². The number of benzene rings is 1. The third kappa shape index (κ3) is 2.93. The molecular formula is C17H26N2O. The largest absolute Gasteiger partial charge is 0.489 e. The van der Waals surface area contributed by atoms with E-state index in [0.29, 0.717) is 6.04 Å². The van der Waals surface area contributed by atoms with E-state index < -0.39 is 0 Å². The summed E-state index contributed by atoms with van der Waals surface area (Å²) in [5.41, 5.74) is 1.15. The van der Waals surface area contributed by atoms with Gasteiger partial charge in [-0.2, -0.15) is 0 Å². The maximum Gasteiger partial charge on any atom is 0.142 e. The van der Waals surface area contributed by atoms with Crippen LogP contribution in [-0.4, -0.2) is 36.2 Å². The number of para-hydroxylation sites is 2. The van der Waals surface area contributed by atoms with E-state index in [-0.39, 0.29) is 6.10 Å². The summed E-state index contributed by atoms with van der Waals surface area (Å²) < 4.78 is 5.92. The fourth-order valence-corrected chi connectivity index (χ4v) is 3.56. The van der Waals surface area contributed by atoms with Crippen molar-refractivity contribution in [3.05, 3.63) is 24.3 Å². The van der Waals surface area contributed by atoms with Gasteiger partial charge in [-0.3, -0.25) is 4.90 Å². The van der Waals surface area contributed by atoms with Gasteiger partial charge >= 0.3 is 0 Å². The first-order valence-electron chi connectivity index (χ1n) is 8.00. The van der Waals surface area contributed by atoms with E-state index >= 15 is 0 Å². The standard InChI is InChI=1S/C17H26N2O/c1-13(2)20-17-9-4-3-7-15(17)18-14-10-12-19-11-6-5-8-16(14)19/h3-4,7,9,13-14,16,18H,5-6,8,10-12H2,1-2H3. The predicted octanol–water partition coefficient (Wildman–Crippen LogP) is 3.51. The maximum atomic E-state index is 5.92. The van der Waals surface area contributed by atoms with Crippen molar-refractivity contribution in [3.63, 3.8) is 0 Å². The molecule has 1 aromatic carbocycles. The number of hydrogen-bond donors (Lipinski definition) is 1. The SMILES string of the molecule is CC(C)Oc1ccccc1NC1CCN2CCCCC12. The van der Waals surface area contributed by atoms with E-state index in [1.807, 2.05) is 6.07 Å². The molecule has 0 spiro atoms. The number of nitrogens with one attached hydrogen (secondary N) is 1. The fraction of sp³-hybridized carbons (Fsp3) is 0.647. The van der Waals surface area contributed by atoms with Crippen LogP contribution < -0.4 is 10.1 Å². The lowest BCUT2D eigenvalue weighted by molar-refractivity contribution is 0.192. The molecule has 3 nitrogen and oxygen atoms in total. The van der Waals surface area contributed by atoms with Crippen molar-refractivity contribution in [3.8, 4) is 5.75 Å². The summed E-state index contributed by atoms with van der Waals surface area (Å²) in [5.74, 6) is 0.983. The quantitative estimate of drug-likeness (QED) is 0.909. The summed E-state index contributed by atoms with van der Waals surface area (Å²) in [6, 6.07) is 9.63. The zero-order valence-electron chi connectivity index (χ0n) is 12.6. The van der Waals surface area contributed by atoms with Crippen molar-refractivity contribution in [2.24, 2.45) is 0 Å². The van der Waals surface area contributed by atoms with Gasteiger partial charge in [0.25, 0.3) is 0 Å². The van der Waals surface area contributed by atoms with Crippen LogP contribution in [0.1, 0.15) is 39.5 Å².